The summed E-state index contributed by atoms with van der Waals surface area (Å²) >= 11 is 6.20. The standard InChI is InChI=1S/C25H28ClN3O7/c1-34-10-11-35-24(31)27-13-17(30)14-36-18-5-2-15(3-6-18)23-22-19(8-9-29(23)25(32)33)20-12-16(26)4-7-21(20)28-22/h2-7,12,17,23,28,30H,8-11,13-14H2,1H3,(H,27,31)(H,32,33). The first-order valence-electron chi connectivity index (χ1n) is 11.5. The summed E-state index contributed by atoms with van der Waals surface area (Å²) in [5, 5.41) is 24.0. The van der Waals surface area contributed by atoms with Gasteiger partial charge in [-0.25, -0.2) is 9.59 Å². The number of aromatic nitrogens is 1. The summed E-state index contributed by atoms with van der Waals surface area (Å²) in [5.41, 5.74) is 3.58. The number of rotatable bonds is 9. The smallest absolute Gasteiger partial charge is 0.408 e. The van der Waals surface area contributed by atoms with Gasteiger partial charge in [-0.2, -0.15) is 0 Å². The first-order valence-corrected chi connectivity index (χ1v) is 11.8. The molecule has 192 valence electrons. The fourth-order valence-electron chi connectivity index (χ4n) is 4.28. The highest BCUT2D eigenvalue weighted by atomic mass is 35.5. The van der Waals surface area contributed by atoms with Crippen LogP contribution in [-0.2, 0) is 15.9 Å². The van der Waals surface area contributed by atoms with Crippen molar-refractivity contribution < 1.29 is 34.0 Å². The second kappa shape index (κ2) is 11.5. The summed E-state index contributed by atoms with van der Waals surface area (Å²) in [5.74, 6) is 0.502. The zero-order chi connectivity index (χ0) is 25.7. The molecule has 0 fully saturated rings. The molecule has 0 saturated carbocycles. The molecule has 2 atom stereocenters. The van der Waals surface area contributed by atoms with Gasteiger partial charge in [-0.15, -0.1) is 0 Å². The maximum atomic E-state index is 12.0. The van der Waals surface area contributed by atoms with Crippen molar-refractivity contribution in [2.45, 2.75) is 18.6 Å². The fraction of sp³-hybridized carbons (Fsp3) is 0.360. The van der Waals surface area contributed by atoms with E-state index in [0.717, 1.165) is 27.7 Å². The number of amides is 2. The Kier molecular flexibility index (Phi) is 8.19. The number of benzene rings is 2. The number of H-pyrrole nitrogens is 1. The molecule has 2 unspecified atom stereocenters. The number of carbonyl (C=O) groups excluding carboxylic acids is 1. The van der Waals surface area contributed by atoms with E-state index >= 15 is 0 Å². The highest BCUT2D eigenvalue weighted by Gasteiger charge is 2.34. The van der Waals surface area contributed by atoms with Crippen molar-refractivity contribution in [3.63, 3.8) is 0 Å². The molecule has 1 aromatic heterocycles. The number of methoxy groups -OCH3 is 1. The second-order valence-corrected chi connectivity index (χ2v) is 8.82. The molecule has 3 aromatic rings. The highest BCUT2D eigenvalue weighted by molar-refractivity contribution is 6.31. The lowest BCUT2D eigenvalue weighted by atomic mass is 9.92. The summed E-state index contributed by atoms with van der Waals surface area (Å²) in [6, 6.07) is 12.2. The van der Waals surface area contributed by atoms with Crippen LogP contribution in [0.15, 0.2) is 42.5 Å². The zero-order valence-corrected chi connectivity index (χ0v) is 20.5. The van der Waals surface area contributed by atoms with Gasteiger partial charge in [0.15, 0.2) is 0 Å². The van der Waals surface area contributed by atoms with Gasteiger partial charge < -0.3 is 34.7 Å². The number of aromatic amines is 1. The van der Waals surface area contributed by atoms with Crippen molar-refractivity contribution >= 4 is 34.7 Å². The maximum Gasteiger partial charge on any atom is 0.408 e. The lowest BCUT2D eigenvalue weighted by Gasteiger charge is -2.34. The number of aliphatic hydroxyl groups is 1. The minimum Gasteiger partial charge on any atom is -0.491 e. The number of carboxylic acid groups (broad SMARTS) is 1. The number of fused-ring (bicyclic) bond motifs is 3. The highest BCUT2D eigenvalue weighted by Crippen LogP contribution is 2.39. The van der Waals surface area contributed by atoms with Gasteiger partial charge in [0, 0.05) is 35.3 Å². The van der Waals surface area contributed by atoms with Gasteiger partial charge in [-0.1, -0.05) is 23.7 Å². The van der Waals surface area contributed by atoms with E-state index in [9.17, 15) is 19.8 Å². The Bertz CT molecular complexity index is 1210. The first kappa shape index (κ1) is 25.6. The molecular weight excluding hydrogens is 490 g/mol. The number of aliphatic hydroxyl groups excluding tert-OH is 1. The molecule has 2 heterocycles. The molecule has 4 N–H and O–H groups in total. The van der Waals surface area contributed by atoms with Crippen molar-refractivity contribution in [3.05, 3.63) is 64.3 Å². The summed E-state index contributed by atoms with van der Waals surface area (Å²) in [7, 11) is 1.50. The van der Waals surface area contributed by atoms with E-state index in [1.54, 1.807) is 30.3 Å². The molecule has 2 amide bonds. The van der Waals surface area contributed by atoms with Crippen LogP contribution in [0.5, 0.6) is 5.75 Å². The third kappa shape index (κ3) is 5.84. The summed E-state index contributed by atoms with van der Waals surface area (Å²) in [6.07, 6.45) is -2.00. The van der Waals surface area contributed by atoms with Crippen molar-refractivity contribution in [2.75, 3.05) is 40.0 Å². The molecule has 4 rings (SSSR count). The SMILES string of the molecule is COCCOC(=O)NCC(O)COc1ccc(C2c3[nH]c4ccc(Cl)cc4c3CCN2C(=O)O)cc1. The van der Waals surface area contributed by atoms with Gasteiger partial charge in [0.1, 0.15) is 31.1 Å². The van der Waals surface area contributed by atoms with Crippen molar-refractivity contribution in [1.29, 1.82) is 0 Å². The molecule has 10 nitrogen and oxygen atoms in total. The predicted octanol–water partition coefficient (Wildman–Crippen LogP) is 3.56. The number of ether oxygens (including phenoxy) is 3. The Morgan fingerprint density at radius 2 is 2.00 bits per heavy atom. The van der Waals surface area contributed by atoms with E-state index in [-0.39, 0.29) is 26.4 Å². The Morgan fingerprint density at radius 3 is 2.72 bits per heavy atom. The van der Waals surface area contributed by atoms with Gasteiger partial charge in [-0.05, 0) is 47.9 Å². The Balaban J connectivity index is 1.43. The van der Waals surface area contributed by atoms with Gasteiger partial charge in [0.05, 0.1) is 13.2 Å². The maximum absolute atomic E-state index is 12.0. The molecule has 0 saturated heterocycles. The van der Waals surface area contributed by atoms with Gasteiger partial charge in [-0.3, -0.25) is 4.90 Å². The molecule has 0 bridgehead atoms. The van der Waals surface area contributed by atoms with E-state index in [1.807, 2.05) is 12.1 Å². The normalized spacial score (nSPS) is 15.9. The largest absolute Gasteiger partial charge is 0.491 e. The number of hydrogen-bond acceptors (Lipinski definition) is 6. The molecule has 0 spiro atoms. The van der Waals surface area contributed by atoms with Gasteiger partial charge in [0.2, 0.25) is 0 Å². The Labute approximate surface area is 212 Å². The Hall–Kier alpha value is -3.47. The zero-order valence-electron chi connectivity index (χ0n) is 19.7. The van der Waals surface area contributed by atoms with E-state index in [4.69, 9.17) is 25.8 Å². The van der Waals surface area contributed by atoms with Gasteiger partial charge >= 0.3 is 12.2 Å². The van der Waals surface area contributed by atoms with Crippen molar-refractivity contribution in [2.24, 2.45) is 0 Å². The third-order valence-corrected chi connectivity index (χ3v) is 6.21. The molecule has 36 heavy (non-hydrogen) atoms. The summed E-state index contributed by atoms with van der Waals surface area (Å²) < 4.78 is 15.3. The van der Waals surface area contributed by atoms with Crippen LogP contribution in [0.1, 0.15) is 22.9 Å². The third-order valence-electron chi connectivity index (χ3n) is 5.98. The lowest BCUT2D eigenvalue weighted by molar-refractivity contribution is 0.0842. The van der Waals surface area contributed by atoms with Crippen molar-refractivity contribution in [3.8, 4) is 5.75 Å². The first-order chi connectivity index (χ1) is 17.4. The molecule has 11 heteroatoms. The number of halogens is 1. The monoisotopic (exact) mass is 517 g/mol. The molecule has 0 radical (unpaired) electrons. The number of nitrogens with zero attached hydrogens (tertiary/aromatic N) is 1. The van der Waals surface area contributed by atoms with Crippen LogP contribution in [-0.4, -0.2) is 78.4 Å². The minimum absolute atomic E-state index is 0.0350. The predicted molar refractivity (Wildman–Crippen MR) is 133 cm³/mol. The number of hydrogen-bond donors (Lipinski definition) is 4. The summed E-state index contributed by atoms with van der Waals surface area (Å²) in [6.45, 7) is 0.686. The molecule has 1 aliphatic rings. The average molecular weight is 518 g/mol. The van der Waals surface area contributed by atoms with Crippen LogP contribution in [0.3, 0.4) is 0 Å². The van der Waals surface area contributed by atoms with E-state index in [1.165, 1.54) is 12.0 Å². The molecule has 2 aromatic carbocycles. The van der Waals surface area contributed by atoms with Crippen molar-refractivity contribution in [1.82, 2.24) is 15.2 Å². The van der Waals surface area contributed by atoms with E-state index < -0.39 is 24.3 Å². The van der Waals surface area contributed by atoms with Crippen LogP contribution < -0.4 is 10.1 Å². The minimum atomic E-state index is -1.00. The average Bonchev–Trinajstić information content (AvgIpc) is 3.24. The quantitative estimate of drug-likeness (QED) is 0.319. The van der Waals surface area contributed by atoms with E-state index in [0.29, 0.717) is 23.7 Å². The second-order valence-electron chi connectivity index (χ2n) is 8.38. The summed E-state index contributed by atoms with van der Waals surface area (Å²) in [4.78, 5) is 28.4. The van der Waals surface area contributed by atoms with Crippen LogP contribution in [0.2, 0.25) is 5.02 Å². The molecular formula is C25H28ClN3O7. The lowest BCUT2D eigenvalue weighted by Crippen LogP contribution is -2.39. The van der Waals surface area contributed by atoms with E-state index in [2.05, 4.69) is 10.3 Å². The number of alkyl carbamates (subject to hydrolysis) is 1. The number of carbonyl (C=O) groups is 2. The topological polar surface area (TPSA) is 133 Å². The van der Waals surface area contributed by atoms with Crippen LogP contribution in [0.4, 0.5) is 9.59 Å². The van der Waals surface area contributed by atoms with Gasteiger partial charge in [0.25, 0.3) is 0 Å². The fourth-order valence-corrected chi connectivity index (χ4v) is 4.45. The molecule has 0 aliphatic carbocycles. The molecule has 1 aliphatic heterocycles. The van der Waals surface area contributed by atoms with Crippen LogP contribution in [0.25, 0.3) is 10.9 Å². The van der Waals surface area contributed by atoms with Crippen LogP contribution >= 0.6 is 11.6 Å². The van der Waals surface area contributed by atoms with Crippen LogP contribution in [0, 0.1) is 0 Å². The number of nitrogens with one attached hydrogen (secondary N) is 2. The Morgan fingerprint density at radius 1 is 1.22 bits per heavy atom.